The predicted molar refractivity (Wildman–Crippen MR) is 141 cm³/mol. The molecule has 206 valence electrons. The van der Waals surface area contributed by atoms with Crippen molar-refractivity contribution >= 4 is 5.91 Å². The number of hydrogen-bond donors (Lipinski definition) is 1. The average molecular weight is 537 g/mol. The first kappa shape index (κ1) is 27.3. The second-order valence-corrected chi connectivity index (χ2v) is 10.9. The van der Waals surface area contributed by atoms with E-state index in [-0.39, 0.29) is 12.1 Å². The van der Waals surface area contributed by atoms with Crippen molar-refractivity contribution in [3.63, 3.8) is 0 Å². The van der Waals surface area contributed by atoms with Gasteiger partial charge in [-0.2, -0.15) is 0 Å². The van der Waals surface area contributed by atoms with Crippen LogP contribution in [-0.2, 0) is 28.3 Å². The Labute approximate surface area is 227 Å². The molecule has 4 heterocycles. The van der Waals surface area contributed by atoms with Gasteiger partial charge in [0.2, 0.25) is 0 Å². The van der Waals surface area contributed by atoms with E-state index >= 15 is 0 Å². The number of carbonyl (C=O) groups excluding carboxylic acids is 1. The van der Waals surface area contributed by atoms with Crippen LogP contribution in [0.5, 0.6) is 0 Å². The molecule has 1 atom stereocenters. The predicted octanol–water partition coefficient (Wildman–Crippen LogP) is 4.49. The minimum atomic E-state index is -1.64. The molecule has 0 radical (unpaired) electrons. The van der Waals surface area contributed by atoms with Crippen LogP contribution in [-0.4, -0.2) is 56.0 Å². The lowest BCUT2D eigenvalue weighted by molar-refractivity contribution is -0.149. The molecular weight excluding hydrogens is 502 g/mol. The summed E-state index contributed by atoms with van der Waals surface area (Å²) in [4.78, 5) is 25.9. The van der Waals surface area contributed by atoms with Gasteiger partial charge in [-0.05, 0) is 74.6 Å². The van der Waals surface area contributed by atoms with Crippen LogP contribution in [0.15, 0.2) is 55.0 Å². The van der Waals surface area contributed by atoms with Gasteiger partial charge in [0.05, 0.1) is 23.9 Å². The number of likely N-dealkylation sites (N-methyl/N-ethyl adjacent to an activating group) is 1. The molecule has 0 unspecified atom stereocenters. The molecule has 2 aromatic heterocycles. The lowest BCUT2D eigenvalue weighted by atomic mass is 9.84. The minimum absolute atomic E-state index is 0.242. The number of nitrogens with zero attached hydrogens (tertiary/aromatic N) is 4. The molecule has 1 N–H and O–H groups in total. The highest BCUT2D eigenvalue weighted by Gasteiger charge is 2.42. The maximum absolute atomic E-state index is 14.2. The Balaban J connectivity index is 1.33. The zero-order valence-electron chi connectivity index (χ0n) is 22.5. The number of ether oxygens (including phenoxy) is 1. The highest BCUT2D eigenvalue weighted by molar-refractivity contribution is 5.84. The number of amides is 1. The second-order valence-electron chi connectivity index (χ2n) is 10.9. The summed E-state index contributed by atoms with van der Waals surface area (Å²) in [5.74, 6) is -2.50. The molecule has 0 saturated carbocycles. The van der Waals surface area contributed by atoms with E-state index in [1.165, 1.54) is 35.9 Å². The van der Waals surface area contributed by atoms with Crippen LogP contribution >= 0.6 is 0 Å². The van der Waals surface area contributed by atoms with Crippen LogP contribution in [0.1, 0.15) is 67.6 Å². The maximum Gasteiger partial charge on any atom is 0.254 e. The van der Waals surface area contributed by atoms with Gasteiger partial charge in [0.25, 0.3) is 5.91 Å². The molecule has 3 aromatic rings. The molecular formula is C30H34F2N4O3. The van der Waals surface area contributed by atoms with Gasteiger partial charge in [-0.3, -0.25) is 19.7 Å². The van der Waals surface area contributed by atoms with Gasteiger partial charge in [-0.25, -0.2) is 8.78 Å². The van der Waals surface area contributed by atoms with Crippen molar-refractivity contribution in [1.29, 1.82) is 0 Å². The normalized spacial score (nSPS) is 17.7. The van der Waals surface area contributed by atoms with Crippen molar-refractivity contribution in [1.82, 2.24) is 19.8 Å². The van der Waals surface area contributed by atoms with Crippen LogP contribution in [0.4, 0.5) is 8.78 Å². The van der Waals surface area contributed by atoms with E-state index in [1.807, 2.05) is 30.6 Å². The topological polar surface area (TPSA) is 78.8 Å². The number of fused-ring (bicyclic) bond motifs is 2. The molecule has 1 aromatic carbocycles. The van der Waals surface area contributed by atoms with Gasteiger partial charge in [-0.15, -0.1) is 0 Å². The monoisotopic (exact) mass is 536 g/mol. The summed E-state index contributed by atoms with van der Waals surface area (Å²) >= 11 is 0. The van der Waals surface area contributed by atoms with E-state index in [9.17, 15) is 18.7 Å². The fourth-order valence-electron chi connectivity index (χ4n) is 5.68. The SMILES string of the molecule is CCN(C(=O)C(C)(C)O)[C@@H](c1ccc(F)c(F)c1)c1ccc(CN2CCC3(CC2)OCc2ccncc23)cn1. The average Bonchev–Trinajstić information content (AvgIpc) is 3.28. The first-order chi connectivity index (χ1) is 18.6. The van der Waals surface area contributed by atoms with Crippen molar-refractivity contribution < 1.29 is 23.4 Å². The van der Waals surface area contributed by atoms with Crippen molar-refractivity contribution in [2.45, 2.75) is 64.0 Å². The molecule has 1 amide bonds. The van der Waals surface area contributed by atoms with Gasteiger partial charge in [0.1, 0.15) is 5.60 Å². The number of rotatable bonds is 7. The zero-order chi connectivity index (χ0) is 27.8. The van der Waals surface area contributed by atoms with E-state index in [0.29, 0.717) is 24.4 Å². The van der Waals surface area contributed by atoms with Crippen LogP contribution in [0.25, 0.3) is 0 Å². The minimum Gasteiger partial charge on any atom is -0.381 e. The van der Waals surface area contributed by atoms with Crippen LogP contribution < -0.4 is 0 Å². The number of benzene rings is 1. The zero-order valence-corrected chi connectivity index (χ0v) is 22.5. The Morgan fingerprint density at radius 3 is 2.56 bits per heavy atom. The molecule has 1 spiro atoms. The quantitative estimate of drug-likeness (QED) is 0.480. The molecule has 1 saturated heterocycles. The fraction of sp³-hybridized carbons (Fsp3) is 0.433. The van der Waals surface area contributed by atoms with E-state index in [0.717, 1.165) is 43.6 Å². The smallest absolute Gasteiger partial charge is 0.254 e. The van der Waals surface area contributed by atoms with E-state index in [2.05, 4.69) is 14.9 Å². The molecule has 5 rings (SSSR count). The van der Waals surface area contributed by atoms with Gasteiger partial charge < -0.3 is 14.7 Å². The lowest BCUT2D eigenvalue weighted by Gasteiger charge is -2.39. The first-order valence-corrected chi connectivity index (χ1v) is 13.3. The second kappa shape index (κ2) is 10.7. The molecule has 2 aliphatic heterocycles. The lowest BCUT2D eigenvalue weighted by Crippen LogP contribution is -2.47. The number of halogens is 2. The standard InChI is InChI=1S/C30H34F2N4O3/c1-4-36(28(37)29(2,3)38)27(21-6-7-24(31)25(32)15-21)26-8-5-20(16-34-26)18-35-13-10-30(11-14-35)23-17-33-12-9-22(23)19-39-30/h5-9,12,15-17,27,38H,4,10-11,13-14,18-19H2,1-3H3/t27-/m0/s1. The van der Waals surface area contributed by atoms with Gasteiger partial charge in [0.15, 0.2) is 11.6 Å². The molecule has 7 nitrogen and oxygen atoms in total. The highest BCUT2D eigenvalue weighted by atomic mass is 19.2. The van der Waals surface area contributed by atoms with Crippen molar-refractivity contribution in [2.24, 2.45) is 0 Å². The summed E-state index contributed by atoms with van der Waals surface area (Å²) in [5.41, 5.74) is 2.42. The third-order valence-electron chi connectivity index (χ3n) is 7.80. The summed E-state index contributed by atoms with van der Waals surface area (Å²) in [7, 11) is 0. The summed E-state index contributed by atoms with van der Waals surface area (Å²) in [6.07, 6.45) is 7.29. The molecule has 39 heavy (non-hydrogen) atoms. The molecule has 0 aliphatic carbocycles. The van der Waals surface area contributed by atoms with Crippen LogP contribution in [0.2, 0.25) is 0 Å². The Kier molecular flexibility index (Phi) is 7.50. The Morgan fingerprint density at radius 1 is 1.15 bits per heavy atom. The first-order valence-electron chi connectivity index (χ1n) is 13.3. The highest BCUT2D eigenvalue weighted by Crippen LogP contribution is 2.43. The number of likely N-dealkylation sites (tertiary alicyclic amines) is 1. The van der Waals surface area contributed by atoms with Crippen LogP contribution in [0.3, 0.4) is 0 Å². The van der Waals surface area contributed by atoms with Gasteiger partial charge in [-0.1, -0.05) is 12.1 Å². The maximum atomic E-state index is 14.2. The molecule has 9 heteroatoms. The Bertz CT molecular complexity index is 1330. The van der Waals surface area contributed by atoms with Crippen molar-refractivity contribution in [3.8, 4) is 0 Å². The molecule has 0 bridgehead atoms. The van der Waals surface area contributed by atoms with Crippen LogP contribution in [0, 0.1) is 11.6 Å². The summed E-state index contributed by atoms with van der Waals surface area (Å²) in [6, 6.07) is 8.58. The number of piperidine rings is 1. The number of hydrogen-bond acceptors (Lipinski definition) is 6. The van der Waals surface area contributed by atoms with Gasteiger partial charge in [0, 0.05) is 50.3 Å². The van der Waals surface area contributed by atoms with E-state index in [4.69, 9.17) is 4.74 Å². The van der Waals surface area contributed by atoms with E-state index < -0.39 is 29.2 Å². The number of aromatic nitrogens is 2. The summed E-state index contributed by atoms with van der Waals surface area (Å²) in [6.45, 7) is 7.92. The van der Waals surface area contributed by atoms with Gasteiger partial charge >= 0.3 is 0 Å². The molecule has 2 aliphatic rings. The third kappa shape index (κ3) is 5.44. The fourth-order valence-corrected chi connectivity index (χ4v) is 5.68. The largest absolute Gasteiger partial charge is 0.381 e. The Hall–Kier alpha value is -3.27. The molecule has 1 fully saturated rings. The summed E-state index contributed by atoms with van der Waals surface area (Å²) in [5, 5.41) is 10.4. The van der Waals surface area contributed by atoms with Crippen molar-refractivity contribution in [2.75, 3.05) is 19.6 Å². The summed E-state index contributed by atoms with van der Waals surface area (Å²) < 4.78 is 34.2. The number of pyridine rings is 2. The Morgan fingerprint density at radius 2 is 1.92 bits per heavy atom. The van der Waals surface area contributed by atoms with E-state index in [1.54, 1.807) is 13.1 Å². The number of aliphatic hydroxyl groups is 1. The van der Waals surface area contributed by atoms with Crippen molar-refractivity contribution in [3.05, 3.63) is 94.6 Å². The number of carbonyl (C=O) groups is 1. The third-order valence-corrected chi connectivity index (χ3v) is 7.80.